The molecule has 0 aromatic heterocycles. The summed E-state index contributed by atoms with van der Waals surface area (Å²) in [5.41, 5.74) is 11.6. The largest absolute Gasteiger partial charge is 0.462 e. The number of carbonyl (C=O) groups is 2. The Bertz CT molecular complexity index is 515. The normalized spacial score (nSPS) is 25.4. The summed E-state index contributed by atoms with van der Waals surface area (Å²) in [6.07, 6.45) is 7.22. The molecular weight excluding hydrogens is 298 g/mol. The highest BCUT2D eigenvalue weighted by Crippen LogP contribution is 2.26. The number of allylic oxidation sites excluding steroid dienone is 1. The summed E-state index contributed by atoms with van der Waals surface area (Å²) in [5, 5.41) is 0. The molecule has 4 N–H and O–H groups in total. The minimum Gasteiger partial charge on any atom is -0.462 e. The third kappa shape index (κ3) is 4.56. The molecule has 128 valence electrons. The molecule has 1 amide bonds. The number of hydrogen-bond acceptors (Lipinski definition) is 6. The molecule has 3 unspecified atom stereocenters. The second kappa shape index (κ2) is 7.61. The molecule has 2 aliphatic rings. The molecule has 0 aliphatic carbocycles. The Labute approximate surface area is 136 Å². The molecular formula is C16H25N3O4. The Balaban J connectivity index is 1.82. The Hall–Kier alpha value is -1.86. The summed E-state index contributed by atoms with van der Waals surface area (Å²) in [6.45, 7) is 3.94. The predicted molar refractivity (Wildman–Crippen MR) is 84.5 cm³/mol. The summed E-state index contributed by atoms with van der Waals surface area (Å²) in [7, 11) is 0. The summed E-state index contributed by atoms with van der Waals surface area (Å²) in [6, 6.07) is -0.613. The molecule has 0 radical (unpaired) electrons. The standard InChI is InChI=1S/C16H25N3O4/c1-10(2)14(17)16(21)22-9-12-5-6-13(23-12)19-7-3-4-11(8-19)15(18)20/h3,7-8,10,12-14H,4-6,9,17H2,1-2H3,(H2,18,20). The molecule has 3 atom stereocenters. The van der Waals surface area contributed by atoms with E-state index >= 15 is 0 Å². The van der Waals surface area contributed by atoms with Gasteiger partial charge < -0.3 is 25.8 Å². The second-order valence-corrected chi connectivity index (χ2v) is 6.24. The number of rotatable bonds is 6. The number of nitrogens with two attached hydrogens (primary N) is 2. The number of carbonyl (C=O) groups excluding carboxylic acids is 2. The quantitative estimate of drug-likeness (QED) is 0.693. The fourth-order valence-corrected chi connectivity index (χ4v) is 2.49. The van der Waals surface area contributed by atoms with Crippen LogP contribution in [0.5, 0.6) is 0 Å². The van der Waals surface area contributed by atoms with Gasteiger partial charge in [-0.15, -0.1) is 0 Å². The van der Waals surface area contributed by atoms with E-state index in [1.165, 1.54) is 0 Å². The zero-order valence-corrected chi connectivity index (χ0v) is 13.6. The second-order valence-electron chi connectivity index (χ2n) is 6.24. The van der Waals surface area contributed by atoms with E-state index < -0.39 is 17.9 Å². The Morgan fingerprint density at radius 2 is 2.17 bits per heavy atom. The van der Waals surface area contributed by atoms with Crippen LogP contribution in [0.25, 0.3) is 0 Å². The molecule has 7 heteroatoms. The fraction of sp³-hybridized carbons (Fsp3) is 0.625. The van der Waals surface area contributed by atoms with Gasteiger partial charge in [0.25, 0.3) is 0 Å². The minimum absolute atomic E-state index is 0.0376. The van der Waals surface area contributed by atoms with Crippen LogP contribution in [0, 0.1) is 5.92 Å². The van der Waals surface area contributed by atoms with Gasteiger partial charge in [0, 0.05) is 18.0 Å². The van der Waals surface area contributed by atoms with Crippen molar-refractivity contribution < 1.29 is 19.1 Å². The van der Waals surface area contributed by atoms with Crippen LogP contribution in [-0.4, -0.2) is 41.8 Å². The van der Waals surface area contributed by atoms with Crippen molar-refractivity contribution >= 4 is 11.9 Å². The van der Waals surface area contributed by atoms with E-state index in [9.17, 15) is 9.59 Å². The molecule has 23 heavy (non-hydrogen) atoms. The first-order valence-corrected chi connectivity index (χ1v) is 7.90. The highest BCUT2D eigenvalue weighted by atomic mass is 16.6. The zero-order chi connectivity index (χ0) is 17.0. The molecule has 2 aliphatic heterocycles. The van der Waals surface area contributed by atoms with Crippen LogP contribution in [0.2, 0.25) is 0 Å². The van der Waals surface area contributed by atoms with Crippen molar-refractivity contribution in [1.29, 1.82) is 0 Å². The van der Waals surface area contributed by atoms with Gasteiger partial charge in [-0.1, -0.05) is 19.9 Å². The first kappa shape index (κ1) is 17.5. The predicted octanol–water partition coefficient (Wildman–Crippen LogP) is 0.607. The van der Waals surface area contributed by atoms with Crippen LogP contribution < -0.4 is 11.5 Å². The highest BCUT2D eigenvalue weighted by Gasteiger charge is 2.30. The van der Waals surface area contributed by atoms with Crippen LogP contribution in [0.3, 0.4) is 0 Å². The maximum Gasteiger partial charge on any atom is 0.323 e. The molecule has 1 fully saturated rings. The van der Waals surface area contributed by atoms with E-state index in [1.54, 1.807) is 6.20 Å². The highest BCUT2D eigenvalue weighted by molar-refractivity contribution is 5.92. The zero-order valence-electron chi connectivity index (χ0n) is 13.6. The van der Waals surface area contributed by atoms with Crippen LogP contribution in [0.4, 0.5) is 0 Å². The number of esters is 1. The third-order valence-corrected chi connectivity index (χ3v) is 4.06. The van der Waals surface area contributed by atoms with Crippen molar-refractivity contribution in [1.82, 2.24) is 4.90 Å². The fourth-order valence-electron chi connectivity index (χ4n) is 2.49. The van der Waals surface area contributed by atoms with Gasteiger partial charge in [-0.3, -0.25) is 9.59 Å². The van der Waals surface area contributed by atoms with Gasteiger partial charge in [-0.2, -0.15) is 0 Å². The number of hydrogen-bond donors (Lipinski definition) is 2. The van der Waals surface area contributed by atoms with Gasteiger partial charge in [0.15, 0.2) is 0 Å². The number of amides is 1. The molecule has 0 aromatic carbocycles. The Morgan fingerprint density at radius 3 is 2.83 bits per heavy atom. The van der Waals surface area contributed by atoms with Crippen LogP contribution in [-0.2, 0) is 19.1 Å². The van der Waals surface area contributed by atoms with Crippen molar-refractivity contribution in [2.45, 2.75) is 51.5 Å². The molecule has 1 saturated heterocycles. The van der Waals surface area contributed by atoms with Crippen molar-refractivity contribution in [2.24, 2.45) is 17.4 Å². The van der Waals surface area contributed by atoms with Gasteiger partial charge in [-0.05, 0) is 25.2 Å². The maximum absolute atomic E-state index is 11.8. The molecule has 2 rings (SSSR count). The summed E-state index contributed by atoms with van der Waals surface area (Å²) >= 11 is 0. The van der Waals surface area contributed by atoms with E-state index in [2.05, 4.69) is 0 Å². The molecule has 0 bridgehead atoms. The van der Waals surface area contributed by atoms with E-state index in [-0.39, 0.29) is 24.9 Å². The monoisotopic (exact) mass is 323 g/mol. The van der Waals surface area contributed by atoms with Crippen LogP contribution in [0.1, 0.15) is 33.1 Å². The maximum atomic E-state index is 11.8. The molecule has 0 spiro atoms. The van der Waals surface area contributed by atoms with Crippen LogP contribution in [0.15, 0.2) is 24.0 Å². The lowest BCUT2D eigenvalue weighted by Gasteiger charge is -2.27. The molecule has 0 aromatic rings. The molecule has 2 heterocycles. The lowest BCUT2D eigenvalue weighted by molar-refractivity contribution is -0.151. The first-order chi connectivity index (χ1) is 10.9. The van der Waals surface area contributed by atoms with Gasteiger partial charge in [0.2, 0.25) is 5.91 Å². The summed E-state index contributed by atoms with van der Waals surface area (Å²) in [4.78, 5) is 24.9. The van der Waals surface area contributed by atoms with Gasteiger partial charge >= 0.3 is 5.97 Å². The average Bonchev–Trinajstić information content (AvgIpc) is 3.00. The smallest absolute Gasteiger partial charge is 0.323 e. The van der Waals surface area contributed by atoms with E-state index in [1.807, 2.05) is 31.0 Å². The SMILES string of the molecule is CC(C)C(N)C(=O)OCC1CCC(N2C=CCC(C(N)=O)=C2)O1. The van der Waals surface area contributed by atoms with E-state index in [4.69, 9.17) is 20.9 Å². The van der Waals surface area contributed by atoms with E-state index in [0.717, 1.165) is 12.8 Å². The van der Waals surface area contributed by atoms with Gasteiger partial charge in [-0.25, -0.2) is 0 Å². The Morgan fingerprint density at radius 1 is 1.43 bits per heavy atom. The van der Waals surface area contributed by atoms with Crippen LogP contribution >= 0.6 is 0 Å². The van der Waals surface area contributed by atoms with Crippen molar-refractivity contribution in [3.63, 3.8) is 0 Å². The average molecular weight is 323 g/mol. The lowest BCUT2D eigenvalue weighted by Crippen LogP contribution is -2.38. The van der Waals surface area contributed by atoms with Crippen molar-refractivity contribution in [3.8, 4) is 0 Å². The summed E-state index contributed by atoms with van der Waals surface area (Å²) in [5.74, 6) is -0.790. The topological polar surface area (TPSA) is 108 Å². The molecule has 7 nitrogen and oxygen atoms in total. The lowest BCUT2D eigenvalue weighted by atomic mass is 10.1. The van der Waals surface area contributed by atoms with Crippen molar-refractivity contribution in [3.05, 3.63) is 24.0 Å². The number of nitrogens with zero attached hydrogens (tertiary/aromatic N) is 1. The number of ether oxygens (including phenoxy) is 2. The van der Waals surface area contributed by atoms with Crippen molar-refractivity contribution in [2.75, 3.05) is 6.61 Å². The third-order valence-electron chi connectivity index (χ3n) is 4.06. The first-order valence-electron chi connectivity index (χ1n) is 7.90. The minimum atomic E-state index is -0.613. The van der Waals surface area contributed by atoms with Gasteiger partial charge in [0.1, 0.15) is 18.9 Å². The Kier molecular flexibility index (Phi) is 5.79. The van der Waals surface area contributed by atoms with Gasteiger partial charge in [0.05, 0.1) is 6.10 Å². The molecule has 0 saturated carbocycles. The number of primary amides is 1. The summed E-state index contributed by atoms with van der Waals surface area (Å²) < 4.78 is 11.1. The van der Waals surface area contributed by atoms with E-state index in [0.29, 0.717) is 12.0 Å².